The first kappa shape index (κ1) is 32.8. The molecule has 0 unspecified atom stereocenters. The van der Waals surface area contributed by atoms with Gasteiger partial charge in [0.15, 0.2) is 5.69 Å². The van der Waals surface area contributed by atoms with Crippen LogP contribution in [0.2, 0.25) is 0 Å². The van der Waals surface area contributed by atoms with E-state index >= 15 is 0 Å². The van der Waals surface area contributed by atoms with Gasteiger partial charge in [-0.05, 0) is 46.1 Å². The van der Waals surface area contributed by atoms with Crippen molar-refractivity contribution >= 4 is 17.6 Å². The number of carbonyl (C=O) groups excluding carboxylic acids is 1. The van der Waals surface area contributed by atoms with E-state index in [1.54, 1.807) is 24.1 Å². The van der Waals surface area contributed by atoms with Gasteiger partial charge in [-0.25, -0.2) is 9.78 Å². The summed E-state index contributed by atoms with van der Waals surface area (Å²) in [6, 6.07) is 3.38. The van der Waals surface area contributed by atoms with Gasteiger partial charge in [-0.1, -0.05) is 0 Å². The predicted molar refractivity (Wildman–Crippen MR) is 162 cm³/mol. The normalized spacial score (nSPS) is 20.7. The maximum absolute atomic E-state index is 14.3. The van der Waals surface area contributed by atoms with E-state index in [9.17, 15) is 23.2 Å². The van der Waals surface area contributed by atoms with Gasteiger partial charge >= 0.3 is 12.3 Å². The monoisotopic (exact) mass is 632 g/mol. The number of anilines is 2. The van der Waals surface area contributed by atoms with Gasteiger partial charge in [-0.3, -0.25) is 9.58 Å². The number of methoxy groups -OCH3 is 1. The van der Waals surface area contributed by atoms with E-state index in [1.807, 2.05) is 55.4 Å². The Morgan fingerprint density at radius 2 is 1.78 bits per heavy atom. The van der Waals surface area contributed by atoms with Gasteiger partial charge in [0.05, 0.1) is 24.5 Å². The number of pyridine rings is 1. The first-order valence-corrected chi connectivity index (χ1v) is 15.4. The summed E-state index contributed by atoms with van der Waals surface area (Å²) in [6.45, 7) is 11.4. The number of carbonyl (C=O) groups is 1. The Hall–Kier alpha value is -3.57. The van der Waals surface area contributed by atoms with Gasteiger partial charge in [0.1, 0.15) is 23.1 Å². The van der Waals surface area contributed by atoms with Gasteiger partial charge in [0.2, 0.25) is 0 Å². The first-order chi connectivity index (χ1) is 21.2. The minimum Gasteiger partial charge on any atom is -0.444 e. The van der Waals surface area contributed by atoms with Crippen molar-refractivity contribution < 1.29 is 27.4 Å². The van der Waals surface area contributed by atoms with E-state index in [1.165, 1.54) is 0 Å². The maximum Gasteiger partial charge on any atom is 0.434 e. The summed E-state index contributed by atoms with van der Waals surface area (Å²) in [5, 5.41) is 14.2. The summed E-state index contributed by atoms with van der Waals surface area (Å²) < 4.78 is 55.7. The molecule has 3 saturated heterocycles. The molecule has 0 saturated carbocycles. The van der Waals surface area contributed by atoms with E-state index in [0.29, 0.717) is 52.4 Å². The number of nitrogens with zero attached hydrogens (tertiary/aromatic N) is 8. The number of aromatic nitrogens is 3. The van der Waals surface area contributed by atoms with Crippen LogP contribution in [0.25, 0.3) is 0 Å². The highest BCUT2D eigenvalue weighted by Crippen LogP contribution is 2.40. The van der Waals surface area contributed by atoms with Crippen LogP contribution in [0.4, 0.5) is 29.5 Å². The summed E-state index contributed by atoms with van der Waals surface area (Å²) in [6.07, 6.45) is -1.78. The Labute approximate surface area is 262 Å². The fourth-order valence-electron chi connectivity index (χ4n) is 6.82. The van der Waals surface area contributed by atoms with E-state index in [4.69, 9.17) is 9.47 Å². The highest BCUT2D eigenvalue weighted by Gasteiger charge is 2.44. The van der Waals surface area contributed by atoms with Crippen LogP contribution in [-0.2, 0) is 22.7 Å². The zero-order valence-corrected chi connectivity index (χ0v) is 26.9. The molecule has 246 valence electrons. The molecule has 2 aromatic heterocycles. The average Bonchev–Trinajstić information content (AvgIpc) is 3.28. The first-order valence-electron chi connectivity index (χ1n) is 15.4. The van der Waals surface area contributed by atoms with Gasteiger partial charge in [-0.2, -0.15) is 23.5 Å². The molecule has 3 aliphatic heterocycles. The topological polar surface area (TPSA) is 103 Å². The van der Waals surface area contributed by atoms with Gasteiger partial charge < -0.3 is 24.2 Å². The Morgan fingerprint density at radius 1 is 1.09 bits per heavy atom. The van der Waals surface area contributed by atoms with Crippen molar-refractivity contribution in [3.63, 3.8) is 0 Å². The van der Waals surface area contributed by atoms with Crippen LogP contribution in [0.1, 0.15) is 62.0 Å². The average molecular weight is 633 g/mol. The summed E-state index contributed by atoms with van der Waals surface area (Å²) >= 11 is 0. The number of alkyl halides is 3. The van der Waals surface area contributed by atoms with Crippen molar-refractivity contribution in [1.82, 2.24) is 24.6 Å². The molecule has 3 aliphatic rings. The number of hydrogen-bond acceptors (Lipinski definition) is 9. The number of halogens is 3. The van der Waals surface area contributed by atoms with Gasteiger partial charge in [0, 0.05) is 83.7 Å². The minimum absolute atomic E-state index is 0.0290. The van der Waals surface area contributed by atoms with Gasteiger partial charge in [0.25, 0.3) is 0 Å². The van der Waals surface area contributed by atoms with Crippen LogP contribution >= 0.6 is 0 Å². The molecule has 1 atom stereocenters. The van der Waals surface area contributed by atoms with Crippen molar-refractivity contribution in [2.45, 2.75) is 70.3 Å². The molecule has 0 spiro atoms. The molecule has 11 nitrogen and oxygen atoms in total. The number of amides is 1. The molecule has 14 heteroatoms. The standard InChI is InChI=1S/C31H43F3N8O3/c1-20-15-36-38(5)27(20)21-7-9-39(10-8-21)26-13-25(24(14-35)28(37-26)31(32,33)34)41-16-22(17-41)42-12-11-40(18-23(42)19-44-6)29(43)45-30(2,3)4/h13,15,21-23H,7-12,16-19H2,1-6H3/t23-/m1/s1. The molecular weight excluding hydrogens is 589 g/mol. The second kappa shape index (κ2) is 12.7. The Bertz CT molecular complexity index is 1400. The molecular formula is C31H43F3N8O3. The lowest BCUT2D eigenvalue weighted by Crippen LogP contribution is -2.67. The quantitative estimate of drug-likeness (QED) is 0.465. The largest absolute Gasteiger partial charge is 0.444 e. The highest BCUT2D eigenvalue weighted by atomic mass is 19.4. The fourth-order valence-corrected chi connectivity index (χ4v) is 6.82. The zero-order chi connectivity index (χ0) is 32.7. The second-order valence-corrected chi connectivity index (χ2v) is 13.3. The third kappa shape index (κ3) is 6.99. The van der Waals surface area contributed by atoms with E-state index in [0.717, 1.165) is 24.1 Å². The predicted octanol–water partition coefficient (Wildman–Crippen LogP) is 4.15. The Kier molecular flexibility index (Phi) is 9.24. The molecule has 0 aromatic carbocycles. The maximum atomic E-state index is 14.3. The lowest BCUT2D eigenvalue weighted by molar-refractivity contribution is -0.141. The van der Waals surface area contributed by atoms with Crippen LogP contribution in [0.5, 0.6) is 0 Å². The van der Waals surface area contributed by atoms with E-state index in [2.05, 4.69) is 15.0 Å². The number of piperazine rings is 1. The fraction of sp³-hybridized carbons (Fsp3) is 0.677. The molecule has 0 N–H and O–H groups in total. The molecule has 45 heavy (non-hydrogen) atoms. The van der Waals surface area contributed by atoms with E-state index < -0.39 is 23.0 Å². The Morgan fingerprint density at radius 3 is 2.33 bits per heavy atom. The Balaban J connectivity index is 1.32. The summed E-state index contributed by atoms with van der Waals surface area (Å²) in [4.78, 5) is 24.4. The molecule has 0 aliphatic carbocycles. The number of rotatable bonds is 6. The van der Waals surface area contributed by atoms with Gasteiger partial charge in [-0.15, -0.1) is 0 Å². The molecule has 0 radical (unpaired) electrons. The van der Waals surface area contributed by atoms with Crippen molar-refractivity contribution in [3.8, 4) is 6.07 Å². The van der Waals surface area contributed by atoms with Crippen molar-refractivity contribution in [3.05, 3.63) is 34.8 Å². The third-order valence-corrected chi connectivity index (χ3v) is 8.96. The van der Waals surface area contributed by atoms with E-state index in [-0.39, 0.29) is 35.6 Å². The third-order valence-electron chi connectivity index (χ3n) is 8.96. The lowest BCUT2D eigenvalue weighted by atomic mass is 9.91. The van der Waals surface area contributed by atoms with Crippen LogP contribution < -0.4 is 9.80 Å². The molecule has 5 rings (SSSR count). The molecule has 1 amide bonds. The minimum atomic E-state index is -4.77. The number of nitriles is 1. The number of piperidine rings is 1. The summed E-state index contributed by atoms with van der Waals surface area (Å²) in [5.41, 5.74) is 0.323. The van der Waals surface area contributed by atoms with Crippen molar-refractivity contribution in [1.29, 1.82) is 5.26 Å². The highest BCUT2D eigenvalue weighted by molar-refractivity contribution is 5.69. The van der Waals surface area contributed by atoms with Crippen LogP contribution in [0.3, 0.4) is 0 Å². The summed E-state index contributed by atoms with van der Waals surface area (Å²) in [7, 11) is 3.52. The van der Waals surface area contributed by atoms with Crippen LogP contribution in [0, 0.1) is 18.3 Å². The molecule has 2 aromatic rings. The summed E-state index contributed by atoms with van der Waals surface area (Å²) in [5.74, 6) is 0.504. The number of ether oxygens (including phenoxy) is 2. The molecule has 3 fully saturated rings. The lowest BCUT2D eigenvalue weighted by Gasteiger charge is -2.52. The van der Waals surface area contributed by atoms with Crippen LogP contribution in [0.15, 0.2) is 12.3 Å². The number of hydrogen-bond donors (Lipinski definition) is 0. The SMILES string of the molecule is COC[C@H]1CN(C(=O)OC(C)(C)C)CCN1C1CN(c2cc(N3CCC(c4c(C)cnn4C)CC3)nc(C(F)(F)F)c2C#N)C1. The zero-order valence-electron chi connectivity index (χ0n) is 26.9. The number of aryl methyl sites for hydroxylation is 2. The second-order valence-electron chi connectivity index (χ2n) is 13.3. The molecule has 5 heterocycles. The van der Waals surface area contributed by atoms with Crippen molar-refractivity contribution in [2.24, 2.45) is 7.05 Å². The van der Waals surface area contributed by atoms with Crippen molar-refractivity contribution in [2.75, 3.05) is 69.3 Å². The molecule has 0 bridgehead atoms. The smallest absolute Gasteiger partial charge is 0.434 e. The van der Waals surface area contributed by atoms with Crippen LogP contribution in [-0.4, -0.2) is 108 Å².